The molecule has 0 amide bonds. The highest BCUT2D eigenvalue weighted by atomic mass is 35.5. The zero-order valence-electron chi connectivity index (χ0n) is 20.8. The largest absolute Gasteiger partial charge is 0.0891 e. The predicted molar refractivity (Wildman–Crippen MR) is 153 cm³/mol. The summed E-state index contributed by atoms with van der Waals surface area (Å²) in [5.74, 6) is 2.72. The van der Waals surface area contributed by atoms with Crippen molar-refractivity contribution in [3.63, 3.8) is 0 Å². The summed E-state index contributed by atoms with van der Waals surface area (Å²) in [6.45, 7) is 0. The summed E-state index contributed by atoms with van der Waals surface area (Å²) >= 11 is 9.17. The Labute approximate surface area is 228 Å². The summed E-state index contributed by atoms with van der Waals surface area (Å²) in [4.78, 5) is 2.89. The lowest BCUT2D eigenvalue weighted by Crippen LogP contribution is -2.49. The van der Waals surface area contributed by atoms with E-state index in [9.17, 15) is 0 Å². The zero-order valence-corrected chi connectivity index (χ0v) is 22.4. The topological polar surface area (TPSA) is 0 Å². The van der Waals surface area contributed by atoms with Gasteiger partial charge in [0.05, 0.1) is 5.41 Å². The zero-order chi connectivity index (χ0) is 24.4. The molecule has 0 unspecified atom stereocenters. The van der Waals surface area contributed by atoms with Gasteiger partial charge >= 0.3 is 0 Å². The second kappa shape index (κ2) is 7.33. The SMILES string of the molecule is Clc1cc(C23CC4CC(CC(C4)C2)C3)c2c(c1)C1(c3ccccc3S2)c2ccccc2-c2ccccc21. The van der Waals surface area contributed by atoms with E-state index >= 15 is 0 Å². The molecule has 6 aliphatic rings. The highest BCUT2D eigenvalue weighted by Gasteiger charge is 2.55. The summed E-state index contributed by atoms with van der Waals surface area (Å²) in [5, 5.41) is 0.908. The molecule has 4 aromatic rings. The van der Waals surface area contributed by atoms with Crippen molar-refractivity contribution in [1.29, 1.82) is 0 Å². The van der Waals surface area contributed by atoms with Crippen molar-refractivity contribution < 1.29 is 0 Å². The van der Waals surface area contributed by atoms with E-state index in [-0.39, 0.29) is 5.41 Å². The molecular formula is C35H29ClS. The van der Waals surface area contributed by atoms with Crippen LogP contribution in [0.5, 0.6) is 0 Å². The van der Waals surface area contributed by atoms with Crippen molar-refractivity contribution in [1.82, 2.24) is 0 Å². The number of hydrogen-bond acceptors (Lipinski definition) is 1. The summed E-state index contributed by atoms with van der Waals surface area (Å²) in [6, 6.07) is 32.1. The molecule has 0 aromatic heterocycles. The van der Waals surface area contributed by atoms with Crippen LogP contribution in [-0.4, -0.2) is 0 Å². The van der Waals surface area contributed by atoms with Gasteiger partial charge < -0.3 is 0 Å². The highest BCUT2D eigenvalue weighted by molar-refractivity contribution is 7.99. The van der Waals surface area contributed by atoms with Crippen LogP contribution in [0.15, 0.2) is 94.7 Å². The molecule has 0 N–H and O–H groups in total. The maximum atomic E-state index is 7.16. The van der Waals surface area contributed by atoms with Gasteiger partial charge in [-0.05, 0) is 119 Å². The van der Waals surface area contributed by atoms with E-state index < -0.39 is 0 Å². The van der Waals surface area contributed by atoms with Gasteiger partial charge in [-0.2, -0.15) is 0 Å². The first-order valence-electron chi connectivity index (χ1n) is 14.0. The summed E-state index contributed by atoms with van der Waals surface area (Å²) in [6.07, 6.45) is 8.45. The van der Waals surface area contributed by atoms with E-state index in [1.807, 2.05) is 11.8 Å². The van der Waals surface area contributed by atoms with Gasteiger partial charge in [0.25, 0.3) is 0 Å². The Morgan fingerprint density at radius 2 is 1.11 bits per heavy atom. The quantitative estimate of drug-likeness (QED) is 0.209. The van der Waals surface area contributed by atoms with Crippen molar-refractivity contribution >= 4 is 23.4 Å². The standard InChI is InChI=1S/C35H29ClS/c36-24-16-30(34-18-21-13-22(19-34)15-23(14-21)20-34)33-31(17-24)35(29-11-5-6-12-32(29)37-33)27-9-3-1-7-25(27)26-8-2-4-10-28(26)35/h1-12,16-17,21-23H,13-15,18-20H2. The van der Waals surface area contributed by atoms with Crippen LogP contribution in [-0.2, 0) is 10.8 Å². The third kappa shape index (κ3) is 2.68. The fourth-order valence-corrected chi connectivity index (χ4v) is 11.4. The fourth-order valence-electron chi connectivity index (χ4n) is 9.75. The van der Waals surface area contributed by atoms with Gasteiger partial charge in [-0.15, -0.1) is 0 Å². The summed E-state index contributed by atoms with van der Waals surface area (Å²) in [5.41, 5.74) is 9.89. The van der Waals surface area contributed by atoms with Crippen LogP contribution in [0, 0.1) is 17.8 Å². The van der Waals surface area contributed by atoms with Gasteiger partial charge in [-0.1, -0.05) is 90.1 Å². The lowest BCUT2D eigenvalue weighted by atomic mass is 9.48. The van der Waals surface area contributed by atoms with Crippen LogP contribution in [0.25, 0.3) is 11.1 Å². The number of halogens is 1. The van der Waals surface area contributed by atoms with Gasteiger partial charge in [0.1, 0.15) is 0 Å². The Balaban J connectivity index is 1.40. The Bertz CT molecular complexity index is 1530. The highest BCUT2D eigenvalue weighted by Crippen LogP contribution is 2.67. The maximum Gasteiger partial charge on any atom is 0.0736 e. The number of benzene rings is 4. The molecule has 4 fully saturated rings. The van der Waals surface area contributed by atoms with E-state index in [1.54, 1.807) is 5.56 Å². The predicted octanol–water partition coefficient (Wildman–Crippen LogP) is 9.64. The third-order valence-electron chi connectivity index (χ3n) is 10.5. The van der Waals surface area contributed by atoms with Gasteiger partial charge in [-0.3, -0.25) is 0 Å². The van der Waals surface area contributed by atoms with E-state index in [2.05, 4.69) is 84.9 Å². The van der Waals surface area contributed by atoms with Gasteiger partial charge in [0.15, 0.2) is 0 Å². The number of fused-ring (bicyclic) bond motifs is 9. The van der Waals surface area contributed by atoms with Gasteiger partial charge in [0, 0.05) is 14.8 Å². The molecule has 4 bridgehead atoms. The normalized spacial score (nSPS) is 29.1. The van der Waals surface area contributed by atoms with E-state index in [1.165, 1.54) is 81.7 Å². The van der Waals surface area contributed by atoms with Crippen LogP contribution in [0.1, 0.15) is 66.3 Å². The Morgan fingerprint density at radius 3 is 1.73 bits per heavy atom. The molecule has 0 nitrogen and oxygen atoms in total. The first-order valence-corrected chi connectivity index (χ1v) is 15.2. The van der Waals surface area contributed by atoms with Gasteiger partial charge in [-0.25, -0.2) is 0 Å². The molecule has 1 aliphatic heterocycles. The van der Waals surface area contributed by atoms with Crippen LogP contribution < -0.4 is 0 Å². The molecule has 37 heavy (non-hydrogen) atoms. The Morgan fingerprint density at radius 1 is 0.595 bits per heavy atom. The molecule has 182 valence electrons. The van der Waals surface area contributed by atoms with Crippen LogP contribution in [0.4, 0.5) is 0 Å². The molecule has 0 radical (unpaired) electrons. The second-order valence-corrected chi connectivity index (χ2v) is 14.0. The van der Waals surface area contributed by atoms with Crippen LogP contribution in [0.3, 0.4) is 0 Å². The Kier molecular flexibility index (Phi) is 4.25. The fraction of sp³-hybridized carbons (Fsp3) is 0.314. The van der Waals surface area contributed by atoms with E-state index in [0.29, 0.717) is 5.41 Å². The number of hydrogen-bond donors (Lipinski definition) is 0. The molecule has 2 heteroatoms. The Hall–Kier alpha value is -2.48. The van der Waals surface area contributed by atoms with Gasteiger partial charge in [0.2, 0.25) is 0 Å². The smallest absolute Gasteiger partial charge is 0.0736 e. The van der Waals surface area contributed by atoms with Crippen LogP contribution in [0.2, 0.25) is 5.02 Å². The molecule has 1 spiro atoms. The molecule has 0 atom stereocenters. The van der Waals surface area contributed by atoms with Crippen molar-refractivity contribution in [2.75, 3.05) is 0 Å². The molecule has 10 rings (SSSR count). The monoisotopic (exact) mass is 516 g/mol. The minimum absolute atomic E-state index is 0.293. The number of rotatable bonds is 1. The van der Waals surface area contributed by atoms with Crippen LogP contribution >= 0.6 is 23.4 Å². The average Bonchev–Trinajstić information content (AvgIpc) is 3.20. The van der Waals surface area contributed by atoms with Crippen molar-refractivity contribution in [3.05, 3.63) is 118 Å². The first kappa shape index (κ1) is 21.5. The minimum atomic E-state index is -0.327. The van der Waals surface area contributed by atoms with E-state index in [0.717, 1.165) is 22.8 Å². The first-order chi connectivity index (χ1) is 18.2. The average molecular weight is 517 g/mol. The lowest BCUT2D eigenvalue weighted by Gasteiger charge is -2.58. The van der Waals surface area contributed by atoms with Crippen molar-refractivity contribution in [2.24, 2.45) is 17.8 Å². The molecule has 5 aliphatic carbocycles. The minimum Gasteiger partial charge on any atom is -0.0891 e. The molecule has 4 aromatic carbocycles. The van der Waals surface area contributed by atoms with Crippen molar-refractivity contribution in [2.45, 2.75) is 59.1 Å². The lowest BCUT2D eigenvalue weighted by molar-refractivity contribution is -0.00648. The summed E-state index contributed by atoms with van der Waals surface area (Å²) < 4.78 is 0. The molecule has 0 saturated heterocycles. The second-order valence-electron chi connectivity index (χ2n) is 12.5. The maximum absolute atomic E-state index is 7.16. The molecular weight excluding hydrogens is 488 g/mol. The van der Waals surface area contributed by atoms with E-state index in [4.69, 9.17) is 11.6 Å². The third-order valence-corrected chi connectivity index (χ3v) is 12.0. The summed E-state index contributed by atoms with van der Waals surface area (Å²) in [7, 11) is 0. The van der Waals surface area contributed by atoms with Crippen molar-refractivity contribution in [3.8, 4) is 11.1 Å². The molecule has 1 heterocycles. The molecule has 4 saturated carbocycles.